The van der Waals surface area contributed by atoms with Gasteiger partial charge in [0.05, 0.1) is 18.0 Å². The SMILES string of the molecule is Cc1ncc(-c2nc3c(o2)C(=O)CC(O)C3)o1. The van der Waals surface area contributed by atoms with Gasteiger partial charge in [0.1, 0.15) is 0 Å². The number of carbonyl (C=O) groups is 1. The minimum atomic E-state index is -0.676. The highest BCUT2D eigenvalue weighted by Crippen LogP contribution is 2.27. The fourth-order valence-electron chi connectivity index (χ4n) is 1.88. The van der Waals surface area contributed by atoms with Crippen LogP contribution in [0.4, 0.5) is 0 Å². The second kappa shape index (κ2) is 3.53. The van der Waals surface area contributed by atoms with Gasteiger partial charge >= 0.3 is 0 Å². The van der Waals surface area contributed by atoms with E-state index in [2.05, 4.69) is 9.97 Å². The molecule has 0 bridgehead atoms. The largest absolute Gasteiger partial charge is 0.436 e. The Kier molecular flexibility index (Phi) is 2.12. The molecule has 0 spiro atoms. The first-order chi connectivity index (χ1) is 8.13. The summed E-state index contributed by atoms with van der Waals surface area (Å²) >= 11 is 0. The molecule has 88 valence electrons. The molecule has 0 aliphatic heterocycles. The van der Waals surface area contributed by atoms with E-state index in [1.807, 2.05) is 0 Å². The molecule has 6 heteroatoms. The predicted molar refractivity (Wildman–Crippen MR) is 55.4 cm³/mol. The molecule has 0 saturated heterocycles. The number of aliphatic hydroxyl groups excluding tert-OH is 1. The minimum Gasteiger partial charge on any atom is -0.436 e. The fourth-order valence-corrected chi connectivity index (χ4v) is 1.88. The molecule has 1 atom stereocenters. The third kappa shape index (κ3) is 1.66. The van der Waals surface area contributed by atoms with E-state index in [1.54, 1.807) is 6.92 Å². The van der Waals surface area contributed by atoms with Crippen LogP contribution in [0.25, 0.3) is 11.7 Å². The van der Waals surface area contributed by atoms with Gasteiger partial charge in [-0.1, -0.05) is 0 Å². The summed E-state index contributed by atoms with van der Waals surface area (Å²) in [6, 6.07) is 0. The Labute approximate surface area is 96.3 Å². The Hall–Kier alpha value is -1.95. The highest BCUT2D eigenvalue weighted by atomic mass is 16.4. The summed E-state index contributed by atoms with van der Waals surface area (Å²) < 4.78 is 10.6. The fraction of sp³-hybridized carbons (Fsp3) is 0.364. The van der Waals surface area contributed by atoms with Crippen LogP contribution < -0.4 is 0 Å². The zero-order valence-electron chi connectivity index (χ0n) is 9.14. The molecule has 17 heavy (non-hydrogen) atoms. The molecule has 2 aromatic heterocycles. The maximum absolute atomic E-state index is 11.6. The van der Waals surface area contributed by atoms with Crippen molar-refractivity contribution in [2.45, 2.75) is 25.9 Å². The third-order valence-corrected chi connectivity index (χ3v) is 2.63. The molecule has 1 unspecified atom stereocenters. The van der Waals surface area contributed by atoms with Crippen LogP contribution in [-0.4, -0.2) is 27.0 Å². The van der Waals surface area contributed by atoms with Crippen LogP contribution in [-0.2, 0) is 6.42 Å². The van der Waals surface area contributed by atoms with E-state index in [-0.39, 0.29) is 23.9 Å². The molecule has 0 saturated carbocycles. The molecular weight excluding hydrogens is 224 g/mol. The number of hydrogen-bond donors (Lipinski definition) is 1. The van der Waals surface area contributed by atoms with Crippen LogP contribution >= 0.6 is 0 Å². The minimum absolute atomic E-state index is 0.0804. The van der Waals surface area contributed by atoms with Gasteiger partial charge in [-0.2, -0.15) is 0 Å². The van der Waals surface area contributed by atoms with Crippen LogP contribution in [0.15, 0.2) is 15.0 Å². The van der Waals surface area contributed by atoms with Gasteiger partial charge in [-0.15, -0.1) is 0 Å². The van der Waals surface area contributed by atoms with Crippen molar-refractivity contribution in [3.05, 3.63) is 23.5 Å². The van der Waals surface area contributed by atoms with Gasteiger partial charge in [-0.05, 0) is 0 Å². The smallest absolute Gasteiger partial charge is 0.265 e. The lowest BCUT2D eigenvalue weighted by Gasteiger charge is -2.12. The molecule has 0 amide bonds. The Morgan fingerprint density at radius 3 is 2.94 bits per heavy atom. The first kappa shape index (κ1) is 10.2. The highest BCUT2D eigenvalue weighted by Gasteiger charge is 2.30. The highest BCUT2D eigenvalue weighted by molar-refractivity contribution is 5.96. The molecule has 1 aliphatic rings. The normalized spacial score (nSPS) is 19.4. The summed E-state index contributed by atoms with van der Waals surface area (Å²) in [7, 11) is 0. The van der Waals surface area contributed by atoms with Crippen LogP contribution in [0.5, 0.6) is 0 Å². The summed E-state index contributed by atoms with van der Waals surface area (Å²) in [5.41, 5.74) is 0.484. The average molecular weight is 234 g/mol. The van der Waals surface area contributed by atoms with Crippen LogP contribution in [0.2, 0.25) is 0 Å². The summed E-state index contributed by atoms with van der Waals surface area (Å²) in [6.07, 6.45) is 1.23. The standard InChI is InChI=1S/C11H10N2O4/c1-5-12-4-9(16-5)11-13-7-2-6(14)3-8(15)10(7)17-11/h4,6,14H,2-3H2,1H3. The van der Waals surface area contributed by atoms with E-state index in [0.717, 1.165) is 0 Å². The van der Waals surface area contributed by atoms with Gasteiger partial charge in [0.15, 0.2) is 11.7 Å². The number of rotatable bonds is 1. The molecule has 0 aromatic carbocycles. The topological polar surface area (TPSA) is 89.4 Å². The van der Waals surface area contributed by atoms with E-state index >= 15 is 0 Å². The van der Waals surface area contributed by atoms with E-state index in [0.29, 0.717) is 23.8 Å². The van der Waals surface area contributed by atoms with Crippen molar-refractivity contribution in [3.8, 4) is 11.7 Å². The van der Waals surface area contributed by atoms with E-state index in [1.165, 1.54) is 6.20 Å². The molecule has 1 N–H and O–H groups in total. The zero-order valence-corrected chi connectivity index (χ0v) is 9.14. The maximum Gasteiger partial charge on any atom is 0.265 e. The number of Topliss-reactive ketones (excluding diaryl/α,β-unsaturated/α-hetero) is 1. The average Bonchev–Trinajstić information content (AvgIpc) is 2.83. The molecule has 0 fully saturated rings. The number of carbonyl (C=O) groups excluding carboxylic acids is 1. The molecule has 6 nitrogen and oxygen atoms in total. The number of oxazole rings is 2. The van der Waals surface area contributed by atoms with Crippen molar-refractivity contribution in [2.24, 2.45) is 0 Å². The maximum atomic E-state index is 11.6. The van der Waals surface area contributed by atoms with E-state index < -0.39 is 6.10 Å². The van der Waals surface area contributed by atoms with E-state index in [9.17, 15) is 9.90 Å². The second-order valence-electron chi connectivity index (χ2n) is 4.02. The van der Waals surface area contributed by atoms with Crippen molar-refractivity contribution in [2.75, 3.05) is 0 Å². The number of nitrogens with zero attached hydrogens (tertiary/aromatic N) is 2. The lowest BCUT2D eigenvalue weighted by molar-refractivity contribution is 0.0820. The number of aryl methyl sites for hydroxylation is 1. The molecule has 2 heterocycles. The first-order valence-corrected chi connectivity index (χ1v) is 5.27. The van der Waals surface area contributed by atoms with Crippen LogP contribution in [0.1, 0.15) is 28.6 Å². The number of aliphatic hydroxyl groups is 1. The third-order valence-electron chi connectivity index (χ3n) is 2.63. The van der Waals surface area contributed by atoms with Gasteiger partial charge < -0.3 is 13.9 Å². The Morgan fingerprint density at radius 2 is 2.24 bits per heavy atom. The summed E-state index contributed by atoms with van der Waals surface area (Å²) in [5.74, 6) is 1.12. The number of aromatic nitrogens is 2. The summed E-state index contributed by atoms with van der Waals surface area (Å²) in [4.78, 5) is 19.7. The Morgan fingerprint density at radius 1 is 1.41 bits per heavy atom. The quantitative estimate of drug-likeness (QED) is 0.795. The second-order valence-corrected chi connectivity index (χ2v) is 4.02. The van der Waals surface area contributed by atoms with Crippen molar-refractivity contribution in [1.29, 1.82) is 0 Å². The number of ketones is 1. The lowest BCUT2D eigenvalue weighted by Crippen LogP contribution is -2.23. The summed E-state index contributed by atoms with van der Waals surface area (Å²) in [6.45, 7) is 1.71. The molecule has 0 radical (unpaired) electrons. The van der Waals surface area contributed by atoms with Gasteiger partial charge in [-0.25, -0.2) is 9.97 Å². The predicted octanol–water partition coefficient (Wildman–Crippen LogP) is 1.13. The first-order valence-electron chi connectivity index (χ1n) is 5.27. The van der Waals surface area contributed by atoms with Crippen LogP contribution in [0, 0.1) is 6.92 Å². The van der Waals surface area contributed by atoms with Gasteiger partial charge in [0.2, 0.25) is 11.5 Å². The molecule has 2 aromatic rings. The van der Waals surface area contributed by atoms with Gasteiger partial charge in [0.25, 0.3) is 5.89 Å². The molecule has 3 rings (SSSR count). The van der Waals surface area contributed by atoms with Crippen molar-refractivity contribution >= 4 is 5.78 Å². The van der Waals surface area contributed by atoms with E-state index in [4.69, 9.17) is 8.83 Å². The number of fused-ring (bicyclic) bond motifs is 1. The molecule has 1 aliphatic carbocycles. The van der Waals surface area contributed by atoms with Gasteiger partial charge in [-0.3, -0.25) is 4.79 Å². The van der Waals surface area contributed by atoms with Crippen molar-refractivity contribution in [3.63, 3.8) is 0 Å². The zero-order chi connectivity index (χ0) is 12.0. The monoisotopic (exact) mass is 234 g/mol. The lowest BCUT2D eigenvalue weighted by atomic mass is 9.98. The van der Waals surface area contributed by atoms with Crippen molar-refractivity contribution < 1.29 is 18.7 Å². The Balaban J connectivity index is 2.05. The van der Waals surface area contributed by atoms with Crippen LogP contribution in [0.3, 0.4) is 0 Å². The van der Waals surface area contributed by atoms with Crippen molar-refractivity contribution in [1.82, 2.24) is 9.97 Å². The summed E-state index contributed by atoms with van der Waals surface area (Å²) in [5, 5.41) is 9.47. The number of hydrogen-bond acceptors (Lipinski definition) is 6. The molecular formula is C11H10N2O4. The Bertz CT molecular complexity index is 584. The van der Waals surface area contributed by atoms with Gasteiger partial charge in [0, 0.05) is 19.8 Å².